The molecule has 1 saturated heterocycles. The summed E-state index contributed by atoms with van der Waals surface area (Å²) in [7, 11) is 0. The van der Waals surface area contributed by atoms with Gasteiger partial charge in [0.05, 0.1) is 26.9 Å². The van der Waals surface area contributed by atoms with Crippen LogP contribution in [0, 0.1) is 13.8 Å². The highest BCUT2D eigenvalue weighted by atomic mass is 35.5. The van der Waals surface area contributed by atoms with Crippen LogP contribution in [-0.2, 0) is 9.59 Å². The number of amides is 2. The normalized spacial score (nSPS) is 14.8. The number of anilines is 1. The van der Waals surface area contributed by atoms with Crippen LogP contribution in [0.2, 0.25) is 10.0 Å². The van der Waals surface area contributed by atoms with E-state index in [0.717, 1.165) is 11.0 Å². The van der Waals surface area contributed by atoms with Crippen LogP contribution < -0.4 is 10.2 Å². The number of rotatable bonds is 5. The monoisotopic (exact) mass is 557 g/mol. The highest BCUT2D eigenvalue weighted by Crippen LogP contribution is 2.35. The first kappa shape index (κ1) is 26.1. The van der Waals surface area contributed by atoms with E-state index in [1.165, 1.54) is 24.3 Å². The van der Waals surface area contributed by atoms with Crippen LogP contribution in [0.4, 0.5) is 5.69 Å². The van der Waals surface area contributed by atoms with E-state index in [-0.39, 0.29) is 37.5 Å². The van der Waals surface area contributed by atoms with E-state index in [1.807, 2.05) is 0 Å². The van der Waals surface area contributed by atoms with Crippen LogP contribution in [0.1, 0.15) is 37.7 Å². The zero-order chi connectivity index (χ0) is 27.2. The summed E-state index contributed by atoms with van der Waals surface area (Å²) in [5.41, 5.74) is 1.48. The third-order valence-corrected chi connectivity index (χ3v) is 6.81. The van der Waals surface area contributed by atoms with Crippen LogP contribution >= 0.6 is 35.4 Å². The molecular formula is C25H17Cl2N3O6S. The van der Waals surface area contributed by atoms with Crippen LogP contribution in [0.15, 0.2) is 48.0 Å². The van der Waals surface area contributed by atoms with Crippen molar-refractivity contribution < 1.29 is 29.4 Å². The van der Waals surface area contributed by atoms with E-state index in [4.69, 9.17) is 35.4 Å². The van der Waals surface area contributed by atoms with Crippen LogP contribution in [0.5, 0.6) is 0 Å². The molecule has 2 amide bonds. The van der Waals surface area contributed by atoms with Crippen molar-refractivity contribution in [2.24, 2.45) is 0 Å². The standard InChI is InChI=1S/C25H17Cl2N3O6S/c1-11-6-13(12(2)29(11)16-8-14(23(33)34)7-15(9-16)24(35)36)10-17-21(31)28-25(37)30(22(17)32)19-5-3-4-18(26)20(19)27/h3-10H,1-2H3,(H,33,34)(H,35,36)(H,28,31,37)/b17-10+. The van der Waals surface area contributed by atoms with Crippen molar-refractivity contribution in [1.29, 1.82) is 0 Å². The third-order valence-electron chi connectivity index (χ3n) is 5.71. The molecular weight excluding hydrogens is 541 g/mol. The molecule has 37 heavy (non-hydrogen) atoms. The quantitative estimate of drug-likeness (QED) is 0.237. The molecule has 0 atom stereocenters. The van der Waals surface area contributed by atoms with Crippen molar-refractivity contribution in [1.82, 2.24) is 9.88 Å². The minimum atomic E-state index is -1.28. The van der Waals surface area contributed by atoms with Gasteiger partial charge < -0.3 is 14.8 Å². The number of hydrogen-bond donors (Lipinski definition) is 3. The summed E-state index contributed by atoms with van der Waals surface area (Å²) in [4.78, 5) is 50.3. The van der Waals surface area contributed by atoms with Crippen molar-refractivity contribution in [3.63, 3.8) is 0 Å². The minimum Gasteiger partial charge on any atom is -0.478 e. The van der Waals surface area contributed by atoms with Gasteiger partial charge in [0.2, 0.25) is 0 Å². The summed E-state index contributed by atoms with van der Waals surface area (Å²) >= 11 is 17.6. The van der Waals surface area contributed by atoms with Gasteiger partial charge in [0.15, 0.2) is 5.11 Å². The van der Waals surface area contributed by atoms with Crippen LogP contribution in [0.25, 0.3) is 11.8 Å². The highest BCUT2D eigenvalue weighted by molar-refractivity contribution is 7.80. The lowest BCUT2D eigenvalue weighted by atomic mass is 10.1. The fraction of sp³-hybridized carbons (Fsp3) is 0.0800. The van der Waals surface area contributed by atoms with Gasteiger partial charge in [0.1, 0.15) is 5.57 Å². The molecule has 0 aliphatic carbocycles. The molecule has 4 rings (SSSR count). The van der Waals surface area contributed by atoms with Gasteiger partial charge in [0, 0.05) is 17.1 Å². The lowest BCUT2D eigenvalue weighted by Gasteiger charge is -2.29. The largest absolute Gasteiger partial charge is 0.478 e. The van der Waals surface area contributed by atoms with Crippen molar-refractivity contribution in [3.05, 3.63) is 86.2 Å². The summed E-state index contributed by atoms with van der Waals surface area (Å²) in [6.45, 7) is 3.41. The number of carboxylic acid groups (broad SMARTS) is 2. The minimum absolute atomic E-state index is 0.0843. The van der Waals surface area contributed by atoms with E-state index in [1.54, 1.807) is 36.6 Å². The highest BCUT2D eigenvalue weighted by Gasteiger charge is 2.36. The Morgan fingerprint density at radius 3 is 2.22 bits per heavy atom. The Morgan fingerprint density at radius 1 is 1.00 bits per heavy atom. The van der Waals surface area contributed by atoms with Gasteiger partial charge in [-0.2, -0.15) is 0 Å². The first-order chi connectivity index (χ1) is 17.4. The molecule has 1 aliphatic rings. The molecule has 9 nitrogen and oxygen atoms in total. The average molecular weight is 558 g/mol. The molecule has 0 bridgehead atoms. The summed E-state index contributed by atoms with van der Waals surface area (Å²) in [5.74, 6) is -4.00. The molecule has 188 valence electrons. The van der Waals surface area contributed by atoms with E-state index < -0.39 is 23.8 Å². The molecule has 2 heterocycles. The topological polar surface area (TPSA) is 129 Å². The molecule has 1 aromatic heterocycles. The smallest absolute Gasteiger partial charge is 0.335 e. The Bertz CT molecular complexity index is 1540. The molecule has 1 fully saturated rings. The lowest BCUT2D eigenvalue weighted by Crippen LogP contribution is -2.54. The van der Waals surface area contributed by atoms with Gasteiger partial charge in [-0.3, -0.25) is 19.8 Å². The van der Waals surface area contributed by atoms with Crippen molar-refractivity contribution in [2.45, 2.75) is 13.8 Å². The Hall–Kier alpha value is -3.99. The predicted molar refractivity (Wildman–Crippen MR) is 142 cm³/mol. The van der Waals surface area contributed by atoms with Crippen LogP contribution in [-0.4, -0.2) is 43.6 Å². The number of carbonyl (C=O) groups excluding carboxylic acids is 2. The molecule has 0 spiro atoms. The summed E-state index contributed by atoms with van der Waals surface area (Å²) < 4.78 is 1.63. The molecule has 3 aromatic rings. The number of aromatic nitrogens is 1. The molecule has 0 unspecified atom stereocenters. The summed E-state index contributed by atoms with van der Waals surface area (Å²) in [6.07, 6.45) is 1.38. The molecule has 0 saturated carbocycles. The number of thiocarbonyl (C=S) groups is 1. The Balaban J connectivity index is 1.82. The maximum Gasteiger partial charge on any atom is 0.335 e. The van der Waals surface area contributed by atoms with Gasteiger partial charge in [-0.25, -0.2) is 9.59 Å². The first-order valence-electron chi connectivity index (χ1n) is 10.6. The van der Waals surface area contributed by atoms with Crippen LogP contribution in [0.3, 0.4) is 0 Å². The maximum atomic E-state index is 13.4. The van der Waals surface area contributed by atoms with E-state index in [0.29, 0.717) is 22.6 Å². The number of carboxylic acids is 2. The van der Waals surface area contributed by atoms with E-state index >= 15 is 0 Å². The summed E-state index contributed by atoms with van der Waals surface area (Å²) in [5, 5.41) is 21.5. The molecule has 0 radical (unpaired) electrons. The zero-order valence-corrected chi connectivity index (χ0v) is 21.5. The number of aryl methyl sites for hydroxylation is 1. The van der Waals surface area contributed by atoms with Gasteiger partial charge in [-0.1, -0.05) is 29.3 Å². The number of nitrogens with one attached hydrogen (secondary N) is 1. The summed E-state index contributed by atoms with van der Waals surface area (Å²) in [6, 6.07) is 10.1. The Kier molecular flexibility index (Phi) is 6.92. The number of carbonyl (C=O) groups is 4. The number of aromatic carboxylic acids is 2. The number of hydrogen-bond acceptors (Lipinski definition) is 5. The Morgan fingerprint density at radius 2 is 1.62 bits per heavy atom. The molecule has 1 aliphatic heterocycles. The second-order valence-corrected chi connectivity index (χ2v) is 9.24. The van der Waals surface area contributed by atoms with E-state index in [9.17, 15) is 29.4 Å². The van der Waals surface area contributed by atoms with Crippen molar-refractivity contribution in [3.8, 4) is 5.69 Å². The third kappa shape index (κ3) is 4.74. The maximum absolute atomic E-state index is 13.4. The predicted octanol–water partition coefficient (Wildman–Crippen LogP) is 4.63. The SMILES string of the molecule is Cc1cc(/C=C2\C(=O)NC(=S)N(c3cccc(Cl)c3Cl)C2=O)c(C)n1-c1cc(C(=O)O)cc(C(=O)O)c1. The second-order valence-electron chi connectivity index (χ2n) is 8.07. The van der Waals surface area contributed by atoms with Gasteiger partial charge in [-0.05, 0) is 74.1 Å². The van der Waals surface area contributed by atoms with Gasteiger partial charge in [0.25, 0.3) is 11.8 Å². The van der Waals surface area contributed by atoms with Crippen molar-refractivity contribution in [2.75, 3.05) is 4.90 Å². The molecule has 3 N–H and O–H groups in total. The zero-order valence-electron chi connectivity index (χ0n) is 19.2. The Labute approximate surface area is 225 Å². The molecule has 12 heteroatoms. The lowest BCUT2D eigenvalue weighted by molar-refractivity contribution is -0.122. The number of nitrogens with zero attached hydrogens (tertiary/aromatic N) is 2. The second kappa shape index (κ2) is 9.81. The number of benzene rings is 2. The number of halogens is 2. The van der Waals surface area contributed by atoms with E-state index in [2.05, 4.69) is 5.32 Å². The fourth-order valence-corrected chi connectivity index (χ4v) is 4.67. The fourth-order valence-electron chi connectivity index (χ4n) is 4.02. The molecule has 2 aromatic carbocycles. The first-order valence-corrected chi connectivity index (χ1v) is 11.7. The van der Waals surface area contributed by atoms with Crippen molar-refractivity contribution >= 4 is 76.0 Å². The van der Waals surface area contributed by atoms with Gasteiger partial charge in [-0.15, -0.1) is 0 Å². The average Bonchev–Trinajstić information content (AvgIpc) is 3.11. The van der Waals surface area contributed by atoms with Gasteiger partial charge >= 0.3 is 11.9 Å².